The zero-order valence-electron chi connectivity index (χ0n) is 17.8. The van der Waals surface area contributed by atoms with Crippen molar-refractivity contribution >= 4 is 23.3 Å². The molecule has 3 aromatic rings. The first-order chi connectivity index (χ1) is 15.8. The van der Waals surface area contributed by atoms with Gasteiger partial charge < -0.3 is 20.4 Å². The predicted octanol–water partition coefficient (Wildman–Crippen LogP) is 2.56. The maximum Gasteiger partial charge on any atom is 0.227 e. The molecular formula is C23H25N9. The summed E-state index contributed by atoms with van der Waals surface area (Å²) in [6, 6.07) is 9.97. The largest absolute Gasteiger partial charge is 0.356 e. The van der Waals surface area contributed by atoms with Crippen molar-refractivity contribution in [3.8, 4) is 17.3 Å². The minimum absolute atomic E-state index is 0.473. The van der Waals surface area contributed by atoms with Gasteiger partial charge in [-0.1, -0.05) is 0 Å². The normalized spacial score (nSPS) is 16.1. The standard InChI is InChI=1S/C23H25N9/c24-14-17-13-18(15-28-22(17)32-9-1-2-10-32)20-5-6-26-23(30-20)29-19-3-4-21(27-16-19)31-11-7-25-8-12-31/h3-6,13,15-16,25H,1-2,7-12H2,(H,26,29,30). The lowest BCUT2D eigenvalue weighted by molar-refractivity contribution is 0.585. The molecule has 0 aromatic carbocycles. The molecule has 0 unspecified atom stereocenters. The number of nitrogens with zero attached hydrogens (tertiary/aromatic N) is 7. The third-order valence-electron chi connectivity index (χ3n) is 5.79. The molecule has 0 spiro atoms. The summed E-state index contributed by atoms with van der Waals surface area (Å²) in [6.07, 6.45) is 7.56. The van der Waals surface area contributed by atoms with Gasteiger partial charge in [0.1, 0.15) is 17.7 Å². The first kappa shape index (κ1) is 20.2. The lowest BCUT2D eigenvalue weighted by atomic mass is 10.1. The molecule has 2 fully saturated rings. The zero-order valence-corrected chi connectivity index (χ0v) is 17.8. The van der Waals surface area contributed by atoms with Crippen molar-refractivity contribution in [1.29, 1.82) is 5.26 Å². The Morgan fingerprint density at radius 3 is 2.53 bits per heavy atom. The summed E-state index contributed by atoms with van der Waals surface area (Å²) in [5.41, 5.74) is 2.90. The van der Waals surface area contributed by atoms with E-state index in [1.54, 1.807) is 18.6 Å². The second kappa shape index (κ2) is 9.16. The number of nitriles is 1. The Labute approximate surface area is 187 Å². The van der Waals surface area contributed by atoms with Crippen molar-refractivity contribution in [2.24, 2.45) is 0 Å². The van der Waals surface area contributed by atoms with Crippen LogP contribution in [0.5, 0.6) is 0 Å². The summed E-state index contributed by atoms with van der Waals surface area (Å²) in [5, 5.41) is 16.2. The number of aromatic nitrogens is 4. The van der Waals surface area contributed by atoms with Crippen LogP contribution in [0.3, 0.4) is 0 Å². The fourth-order valence-corrected chi connectivity index (χ4v) is 4.11. The molecule has 9 nitrogen and oxygen atoms in total. The second-order valence-corrected chi connectivity index (χ2v) is 7.93. The van der Waals surface area contributed by atoms with Gasteiger partial charge in [0.2, 0.25) is 5.95 Å². The van der Waals surface area contributed by atoms with Crippen molar-refractivity contribution in [3.63, 3.8) is 0 Å². The monoisotopic (exact) mass is 427 g/mol. The van der Waals surface area contributed by atoms with E-state index in [0.29, 0.717) is 17.2 Å². The molecule has 2 N–H and O–H groups in total. The van der Waals surface area contributed by atoms with E-state index < -0.39 is 0 Å². The van der Waals surface area contributed by atoms with Crippen LogP contribution in [0.1, 0.15) is 18.4 Å². The number of rotatable bonds is 5. The van der Waals surface area contributed by atoms with E-state index in [1.807, 2.05) is 24.3 Å². The molecule has 2 aliphatic heterocycles. The zero-order chi connectivity index (χ0) is 21.8. The number of pyridine rings is 2. The van der Waals surface area contributed by atoms with Gasteiger partial charge in [-0.05, 0) is 37.1 Å². The van der Waals surface area contributed by atoms with E-state index in [2.05, 4.69) is 46.4 Å². The van der Waals surface area contributed by atoms with Crippen LogP contribution in [0.2, 0.25) is 0 Å². The van der Waals surface area contributed by atoms with Crippen LogP contribution >= 0.6 is 0 Å². The van der Waals surface area contributed by atoms with E-state index in [0.717, 1.165) is 75.0 Å². The van der Waals surface area contributed by atoms with Gasteiger partial charge in [-0.3, -0.25) is 0 Å². The third-order valence-corrected chi connectivity index (χ3v) is 5.79. The van der Waals surface area contributed by atoms with Crippen molar-refractivity contribution < 1.29 is 0 Å². The Bertz CT molecular complexity index is 1110. The third kappa shape index (κ3) is 4.31. The quantitative estimate of drug-likeness (QED) is 0.635. The first-order valence-corrected chi connectivity index (χ1v) is 11.0. The van der Waals surface area contributed by atoms with Crippen LogP contribution in [0, 0.1) is 11.3 Å². The number of hydrogen-bond acceptors (Lipinski definition) is 9. The van der Waals surface area contributed by atoms with Crippen molar-refractivity contribution in [2.45, 2.75) is 12.8 Å². The van der Waals surface area contributed by atoms with Crippen LogP contribution < -0.4 is 20.4 Å². The minimum Gasteiger partial charge on any atom is -0.356 e. The Morgan fingerprint density at radius 2 is 1.78 bits per heavy atom. The van der Waals surface area contributed by atoms with Crippen molar-refractivity contribution in [3.05, 3.63) is 48.4 Å². The van der Waals surface area contributed by atoms with Crippen LogP contribution in [0.15, 0.2) is 42.9 Å². The fraction of sp³-hybridized carbons (Fsp3) is 0.348. The number of hydrogen-bond donors (Lipinski definition) is 2. The van der Waals surface area contributed by atoms with E-state index in [4.69, 9.17) is 0 Å². The van der Waals surface area contributed by atoms with Gasteiger partial charge in [0, 0.05) is 57.2 Å². The summed E-state index contributed by atoms with van der Waals surface area (Å²) in [4.78, 5) is 22.6. The molecule has 0 bridgehead atoms. The minimum atomic E-state index is 0.473. The van der Waals surface area contributed by atoms with Gasteiger partial charge in [0.15, 0.2) is 0 Å². The molecule has 2 saturated heterocycles. The Balaban J connectivity index is 1.33. The summed E-state index contributed by atoms with van der Waals surface area (Å²) in [6.45, 7) is 5.77. The highest BCUT2D eigenvalue weighted by molar-refractivity contribution is 5.67. The summed E-state index contributed by atoms with van der Waals surface area (Å²) in [5.74, 6) is 2.21. The summed E-state index contributed by atoms with van der Waals surface area (Å²) in [7, 11) is 0. The van der Waals surface area contributed by atoms with Gasteiger partial charge in [0.05, 0.1) is 23.1 Å². The highest BCUT2D eigenvalue weighted by Crippen LogP contribution is 2.27. The number of nitrogens with one attached hydrogen (secondary N) is 2. The lowest BCUT2D eigenvalue weighted by Gasteiger charge is -2.28. The highest BCUT2D eigenvalue weighted by Gasteiger charge is 2.18. The molecule has 0 aliphatic carbocycles. The molecule has 162 valence electrons. The maximum absolute atomic E-state index is 9.64. The second-order valence-electron chi connectivity index (χ2n) is 7.93. The molecule has 5 heterocycles. The smallest absolute Gasteiger partial charge is 0.227 e. The average molecular weight is 428 g/mol. The average Bonchev–Trinajstić information content (AvgIpc) is 3.40. The van der Waals surface area contributed by atoms with Gasteiger partial charge in [-0.15, -0.1) is 0 Å². The van der Waals surface area contributed by atoms with Crippen LogP contribution in [0.25, 0.3) is 11.3 Å². The number of anilines is 4. The predicted molar refractivity (Wildman–Crippen MR) is 124 cm³/mol. The van der Waals surface area contributed by atoms with Gasteiger partial charge in [0.25, 0.3) is 0 Å². The maximum atomic E-state index is 9.64. The lowest BCUT2D eigenvalue weighted by Crippen LogP contribution is -2.43. The van der Waals surface area contributed by atoms with Crippen LogP contribution in [-0.2, 0) is 0 Å². The van der Waals surface area contributed by atoms with Gasteiger partial charge >= 0.3 is 0 Å². The highest BCUT2D eigenvalue weighted by atomic mass is 15.2. The Morgan fingerprint density at radius 1 is 0.938 bits per heavy atom. The van der Waals surface area contributed by atoms with E-state index in [1.165, 1.54) is 0 Å². The molecule has 9 heteroatoms. The van der Waals surface area contributed by atoms with E-state index in [9.17, 15) is 5.26 Å². The molecule has 0 saturated carbocycles. The topological polar surface area (TPSA) is 106 Å². The van der Waals surface area contributed by atoms with Crippen molar-refractivity contribution in [1.82, 2.24) is 25.3 Å². The van der Waals surface area contributed by atoms with E-state index >= 15 is 0 Å². The molecule has 2 aliphatic rings. The van der Waals surface area contributed by atoms with Gasteiger partial charge in [-0.25, -0.2) is 19.9 Å². The molecule has 32 heavy (non-hydrogen) atoms. The SMILES string of the molecule is N#Cc1cc(-c2ccnc(Nc3ccc(N4CCNCC4)nc3)n2)cnc1N1CCCC1. The van der Waals surface area contributed by atoms with Crippen LogP contribution in [-0.4, -0.2) is 59.2 Å². The van der Waals surface area contributed by atoms with E-state index in [-0.39, 0.29) is 0 Å². The molecule has 3 aromatic heterocycles. The summed E-state index contributed by atoms with van der Waals surface area (Å²) < 4.78 is 0. The summed E-state index contributed by atoms with van der Waals surface area (Å²) >= 11 is 0. The molecule has 5 rings (SSSR count). The Hall–Kier alpha value is -3.77. The molecule has 0 atom stereocenters. The molecule has 0 amide bonds. The van der Waals surface area contributed by atoms with Crippen molar-refractivity contribution in [2.75, 3.05) is 54.4 Å². The molecular weight excluding hydrogens is 402 g/mol. The Kier molecular flexibility index (Phi) is 5.77. The first-order valence-electron chi connectivity index (χ1n) is 11.0. The molecule has 0 radical (unpaired) electrons. The van der Waals surface area contributed by atoms with Crippen LogP contribution in [0.4, 0.5) is 23.3 Å². The number of piperazine rings is 1. The fourth-order valence-electron chi connectivity index (χ4n) is 4.11. The van der Waals surface area contributed by atoms with Gasteiger partial charge in [-0.2, -0.15) is 5.26 Å².